The van der Waals surface area contributed by atoms with E-state index in [2.05, 4.69) is 0 Å². The average Bonchev–Trinajstić information content (AvgIpc) is 3.16. The number of aromatic hydroxyl groups is 1. The lowest BCUT2D eigenvalue weighted by molar-refractivity contribution is -0.140. The van der Waals surface area contributed by atoms with Crippen molar-refractivity contribution in [3.8, 4) is 17.2 Å². The zero-order valence-corrected chi connectivity index (χ0v) is 22.0. The lowest BCUT2D eigenvalue weighted by Crippen LogP contribution is -2.35. The molecule has 1 atom stereocenters. The van der Waals surface area contributed by atoms with Crippen LogP contribution in [-0.4, -0.2) is 66.0 Å². The van der Waals surface area contributed by atoms with E-state index < -0.39 is 17.7 Å². The second-order valence-corrected chi connectivity index (χ2v) is 9.47. The Kier molecular flexibility index (Phi) is 8.02. The zero-order chi connectivity index (χ0) is 27.4. The summed E-state index contributed by atoms with van der Waals surface area (Å²) in [5.74, 6) is -0.991. The molecule has 198 valence electrons. The molecule has 1 aliphatic heterocycles. The van der Waals surface area contributed by atoms with Crippen LogP contribution in [0.3, 0.4) is 0 Å². The first-order chi connectivity index (χ1) is 18.2. The number of benzene rings is 3. The molecule has 0 aromatic heterocycles. The lowest BCUT2D eigenvalue weighted by atomic mass is 9.95. The molecule has 0 aliphatic carbocycles. The van der Waals surface area contributed by atoms with Crippen LogP contribution < -0.4 is 9.47 Å². The number of carbonyl (C=O) groups is 2. The Morgan fingerprint density at radius 1 is 1.03 bits per heavy atom. The van der Waals surface area contributed by atoms with Crippen molar-refractivity contribution in [3.63, 3.8) is 0 Å². The molecule has 3 aromatic carbocycles. The third-order valence-corrected chi connectivity index (χ3v) is 6.63. The molecule has 4 rings (SSSR count). The number of aliphatic hydroxyl groups is 1. The number of carbonyl (C=O) groups excluding carboxylic acids is 2. The van der Waals surface area contributed by atoms with Gasteiger partial charge in [0.25, 0.3) is 11.7 Å². The van der Waals surface area contributed by atoms with E-state index in [4.69, 9.17) is 9.47 Å². The number of phenolic OH excluding ortho intramolecular Hbond substituents is 1. The summed E-state index contributed by atoms with van der Waals surface area (Å²) in [6, 6.07) is 18.5. The largest absolute Gasteiger partial charge is 0.507 e. The third kappa shape index (κ3) is 5.50. The van der Waals surface area contributed by atoms with E-state index in [1.54, 1.807) is 36.4 Å². The van der Waals surface area contributed by atoms with E-state index in [0.717, 1.165) is 11.1 Å². The van der Waals surface area contributed by atoms with Gasteiger partial charge < -0.3 is 29.5 Å². The van der Waals surface area contributed by atoms with Crippen molar-refractivity contribution in [3.05, 3.63) is 94.6 Å². The van der Waals surface area contributed by atoms with Gasteiger partial charge >= 0.3 is 0 Å². The van der Waals surface area contributed by atoms with E-state index in [9.17, 15) is 19.8 Å². The fourth-order valence-corrected chi connectivity index (χ4v) is 4.43. The van der Waals surface area contributed by atoms with E-state index in [-0.39, 0.29) is 29.4 Å². The Labute approximate surface area is 222 Å². The molecule has 8 heteroatoms. The number of amides is 1. The second kappa shape index (κ2) is 11.4. The number of likely N-dealkylation sites (tertiary alicyclic amines) is 1. The number of Topliss-reactive ketones (excluding diaryl/α,β-unsaturated/α-hetero) is 1. The van der Waals surface area contributed by atoms with Gasteiger partial charge in [-0.3, -0.25) is 9.59 Å². The summed E-state index contributed by atoms with van der Waals surface area (Å²) in [6.45, 7) is 3.21. The highest BCUT2D eigenvalue weighted by atomic mass is 16.5. The van der Waals surface area contributed by atoms with Crippen LogP contribution in [0, 0.1) is 6.92 Å². The minimum atomic E-state index is -0.846. The number of likely N-dealkylation sites (N-methyl/N-ethyl adjacent to an activating group) is 1. The maximum Gasteiger partial charge on any atom is 0.295 e. The molecule has 1 aliphatic rings. The van der Waals surface area contributed by atoms with Crippen LogP contribution >= 0.6 is 0 Å². The zero-order valence-electron chi connectivity index (χ0n) is 22.0. The first-order valence-electron chi connectivity index (χ1n) is 12.3. The summed E-state index contributed by atoms with van der Waals surface area (Å²) in [4.78, 5) is 29.6. The van der Waals surface area contributed by atoms with Gasteiger partial charge in [-0.15, -0.1) is 0 Å². The molecule has 0 radical (unpaired) electrons. The van der Waals surface area contributed by atoms with Crippen molar-refractivity contribution in [2.45, 2.75) is 19.6 Å². The Bertz CT molecular complexity index is 1360. The summed E-state index contributed by atoms with van der Waals surface area (Å²) in [5, 5.41) is 21.4. The van der Waals surface area contributed by atoms with Crippen molar-refractivity contribution in [2.24, 2.45) is 0 Å². The number of phenols is 1. The Balaban J connectivity index is 1.68. The highest BCUT2D eigenvalue weighted by molar-refractivity contribution is 6.46. The number of nitrogens with zero attached hydrogens (tertiary/aromatic N) is 2. The summed E-state index contributed by atoms with van der Waals surface area (Å²) < 4.78 is 11.1. The van der Waals surface area contributed by atoms with Crippen LogP contribution in [0.1, 0.15) is 28.3 Å². The number of aryl methyl sites for hydroxylation is 1. The lowest BCUT2D eigenvalue weighted by Gasteiger charge is -2.27. The predicted octanol–water partition coefficient (Wildman–Crippen LogP) is 4.27. The Morgan fingerprint density at radius 2 is 1.74 bits per heavy atom. The summed E-state index contributed by atoms with van der Waals surface area (Å²) in [6.07, 6.45) is 0. The standard InChI is InChI=1S/C30H32N2O6/c1-19-7-5-6-8-22(19)18-38-23-12-9-20(10-13-23)28(34)26-27(21-11-14-24(33)25(17-21)37-4)32(16-15-31(2)3)30(36)29(26)35/h5-14,17,27,33-34H,15-16,18H2,1-4H3/b28-26-. The molecule has 1 saturated heterocycles. The number of ketones is 1. The SMILES string of the molecule is COc1cc(C2/C(=C(/O)c3ccc(OCc4ccccc4C)cc3)C(=O)C(=O)N2CCN(C)C)ccc1O. The van der Waals surface area contributed by atoms with Crippen LogP contribution in [0.5, 0.6) is 17.2 Å². The molecular formula is C30H32N2O6. The van der Waals surface area contributed by atoms with Crippen molar-refractivity contribution < 1.29 is 29.3 Å². The number of rotatable bonds is 9. The first-order valence-corrected chi connectivity index (χ1v) is 12.3. The van der Waals surface area contributed by atoms with Crippen LogP contribution in [0.15, 0.2) is 72.3 Å². The normalized spacial score (nSPS) is 16.8. The van der Waals surface area contributed by atoms with Crippen molar-refractivity contribution >= 4 is 17.4 Å². The number of methoxy groups -OCH3 is 1. The number of hydrogen-bond donors (Lipinski definition) is 2. The van der Waals surface area contributed by atoms with Crippen molar-refractivity contribution in [2.75, 3.05) is 34.3 Å². The molecule has 0 spiro atoms. The summed E-state index contributed by atoms with van der Waals surface area (Å²) in [7, 11) is 5.17. The molecule has 38 heavy (non-hydrogen) atoms. The van der Waals surface area contributed by atoms with Gasteiger partial charge in [-0.05, 0) is 74.1 Å². The van der Waals surface area contributed by atoms with Crippen molar-refractivity contribution in [1.29, 1.82) is 0 Å². The van der Waals surface area contributed by atoms with E-state index in [0.29, 0.717) is 30.0 Å². The highest BCUT2D eigenvalue weighted by Crippen LogP contribution is 2.41. The van der Waals surface area contributed by atoms with E-state index in [1.165, 1.54) is 18.1 Å². The van der Waals surface area contributed by atoms with Crippen molar-refractivity contribution in [1.82, 2.24) is 9.80 Å². The second-order valence-electron chi connectivity index (χ2n) is 9.47. The Morgan fingerprint density at radius 3 is 2.39 bits per heavy atom. The molecule has 8 nitrogen and oxygen atoms in total. The molecule has 1 fully saturated rings. The number of aliphatic hydroxyl groups excluding tert-OH is 1. The number of ether oxygens (including phenoxy) is 2. The Hall–Kier alpha value is -4.30. The molecule has 0 saturated carbocycles. The monoisotopic (exact) mass is 516 g/mol. The fourth-order valence-electron chi connectivity index (χ4n) is 4.43. The molecular weight excluding hydrogens is 484 g/mol. The summed E-state index contributed by atoms with van der Waals surface area (Å²) >= 11 is 0. The van der Waals surface area contributed by atoms with Gasteiger partial charge in [0.15, 0.2) is 11.5 Å². The smallest absolute Gasteiger partial charge is 0.295 e. The molecule has 1 amide bonds. The number of hydrogen-bond acceptors (Lipinski definition) is 7. The quantitative estimate of drug-likeness (QED) is 0.249. The van der Waals surface area contributed by atoms with Crippen LogP contribution in [0.4, 0.5) is 0 Å². The van der Waals surface area contributed by atoms with Gasteiger partial charge in [0.1, 0.15) is 18.1 Å². The van der Waals surface area contributed by atoms with Gasteiger partial charge in [0.2, 0.25) is 0 Å². The maximum atomic E-state index is 13.2. The molecule has 0 bridgehead atoms. The average molecular weight is 517 g/mol. The molecule has 2 N–H and O–H groups in total. The minimum absolute atomic E-state index is 0.0184. The van der Waals surface area contributed by atoms with Crippen LogP contribution in [0.25, 0.3) is 5.76 Å². The van der Waals surface area contributed by atoms with Gasteiger partial charge in [0, 0.05) is 18.7 Å². The minimum Gasteiger partial charge on any atom is -0.507 e. The van der Waals surface area contributed by atoms with Gasteiger partial charge in [-0.2, -0.15) is 0 Å². The van der Waals surface area contributed by atoms with Crippen LogP contribution in [-0.2, 0) is 16.2 Å². The highest BCUT2D eigenvalue weighted by Gasteiger charge is 2.46. The van der Waals surface area contributed by atoms with Gasteiger partial charge in [-0.25, -0.2) is 0 Å². The summed E-state index contributed by atoms with van der Waals surface area (Å²) in [5.41, 5.74) is 3.11. The first kappa shape index (κ1) is 26.8. The van der Waals surface area contributed by atoms with Crippen LogP contribution in [0.2, 0.25) is 0 Å². The molecule has 1 heterocycles. The molecule has 1 unspecified atom stereocenters. The third-order valence-electron chi connectivity index (χ3n) is 6.63. The fraction of sp³-hybridized carbons (Fsp3) is 0.267. The predicted molar refractivity (Wildman–Crippen MR) is 144 cm³/mol. The van der Waals surface area contributed by atoms with E-state index >= 15 is 0 Å². The topological polar surface area (TPSA) is 99.5 Å². The van der Waals surface area contributed by atoms with Gasteiger partial charge in [0.05, 0.1) is 18.7 Å². The van der Waals surface area contributed by atoms with Gasteiger partial charge in [-0.1, -0.05) is 30.3 Å². The molecule has 3 aromatic rings. The van der Waals surface area contributed by atoms with E-state index in [1.807, 2.05) is 50.2 Å². The maximum absolute atomic E-state index is 13.2.